The number of aliphatic hydroxyl groups is 1. The molecule has 0 bridgehead atoms. The number of nitrogens with one attached hydrogen (secondary N) is 2. The summed E-state index contributed by atoms with van der Waals surface area (Å²) in [4.78, 5) is 12.5. The number of amides is 1. The Balaban J connectivity index is 2.12. The molecular weight excluding hydrogens is 252 g/mol. The van der Waals surface area contributed by atoms with E-state index in [0.29, 0.717) is 0 Å². The Hall–Kier alpha value is -1.39. The van der Waals surface area contributed by atoms with Crippen LogP contribution in [0, 0.1) is 0 Å². The minimum absolute atomic E-state index is 0.0252. The van der Waals surface area contributed by atoms with Crippen LogP contribution < -0.4 is 10.6 Å². The molecule has 0 saturated heterocycles. The third kappa shape index (κ3) is 3.38. The molecule has 0 heterocycles. The highest BCUT2D eigenvalue weighted by Crippen LogP contribution is 2.29. The van der Waals surface area contributed by atoms with E-state index in [9.17, 15) is 9.90 Å². The minimum atomic E-state index is -0.410. The zero-order chi connectivity index (χ0) is 14.4. The van der Waals surface area contributed by atoms with E-state index in [1.54, 1.807) is 0 Å². The van der Waals surface area contributed by atoms with Gasteiger partial charge in [-0.2, -0.15) is 0 Å². The first kappa shape index (κ1) is 15.0. The Morgan fingerprint density at radius 2 is 2.00 bits per heavy atom. The number of carbonyl (C=O) groups excluding carboxylic acids is 1. The number of hydrogen-bond acceptors (Lipinski definition) is 3. The van der Waals surface area contributed by atoms with Gasteiger partial charge in [0.25, 0.3) is 5.91 Å². The zero-order valence-corrected chi connectivity index (χ0v) is 12.1. The molecule has 1 amide bonds. The first-order valence-corrected chi connectivity index (χ1v) is 7.37. The van der Waals surface area contributed by atoms with Gasteiger partial charge in [0.2, 0.25) is 0 Å². The molecule has 1 fully saturated rings. The van der Waals surface area contributed by atoms with Crippen molar-refractivity contribution in [3.05, 3.63) is 35.4 Å². The van der Waals surface area contributed by atoms with Crippen molar-refractivity contribution in [2.24, 2.45) is 0 Å². The second kappa shape index (κ2) is 6.86. The fourth-order valence-corrected chi connectivity index (χ4v) is 2.90. The molecular formula is C16H24N2O2. The molecule has 0 aromatic heterocycles. The van der Waals surface area contributed by atoms with Crippen LogP contribution in [0.1, 0.15) is 41.6 Å². The molecule has 3 N–H and O–H groups in total. The Bertz CT molecular complexity index is 454. The van der Waals surface area contributed by atoms with Crippen LogP contribution in [-0.4, -0.2) is 36.8 Å². The SMILES string of the molecule is CNCCc1ccccc1C(=O)NC1(CO)CCCC1. The van der Waals surface area contributed by atoms with Gasteiger partial charge >= 0.3 is 0 Å². The lowest BCUT2D eigenvalue weighted by atomic mass is 9.97. The van der Waals surface area contributed by atoms with E-state index in [2.05, 4.69) is 10.6 Å². The Kier molecular flexibility index (Phi) is 5.15. The van der Waals surface area contributed by atoms with Gasteiger partial charge in [-0.25, -0.2) is 0 Å². The standard InChI is InChI=1S/C16H24N2O2/c1-17-11-8-13-6-2-3-7-14(13)15(20)18-16(12-19)9-4-5-10-16/h2-3,6-7,17,19H,4-5,8-12H2,1H3,(H,18,20). The highest BCUT2D eigenvalue weighted by atomic mass is 16.3. The van der Waals surface area contributed by atoms with Crippen LogP contribution in [0.5, 0.6) is 0 Å². The predicted octanol–water partition coefficient (Wildman–Crippen LogP) is 1.48. The molecule has 0 atom stereocenters. The lowest BCUT2D eigenvalue weighted by Crippen LogP contribution is -2.49. The van der Waals surface area contributed by atoms with Gasteiger partial charge in [0.1, 0.15) is 0 Å². The summed E-state index contributed by atoms with van der Waals surface area (Å²) in [5, 5.41) is 15.8. The van der Waals surface area contributed by atoms with Crippen LogP contribution in [0.25, 0.3) is 0 Å². The molecule has 0 unspecified atom stereocenters. The Morgan fingerprint density at radius 1 is 1.30 bits per heavy atom. The summed E-state index contributed by atoms with van der Waals surface area (Å²) in [6.45, 7) is 0.868. The molecule has 0 aliphatic heterocycles. The minimum Gasteiger partial charge on any atom is -0.394 e. The van der Waals surface area contributed by atoms with E-state index in [1.807, 2.05) is 31.3 Å². The summed E-state index contributed by atoms with van der Waals surface area (Å²) in [6, 6.07) is 7.70. The van der Waals surface area contributed by atoms with Crippen LogP contribution in [0.15, 0.2) is 24.3 Å². The van der Waals surface area contributed by atoms with Crippen LogP contribution in [-0.2, 0) is 6.42 Å². The molecule has 1 aliphatic carbocycles. The molecule has 1 aliphatic rings. The van der Waals surface area contributed by atoms with Crippen molar-refractivity contribution in [3.8, 4) is 0 Å². The summed E-state index contributed by atoms with van der Waals surface area (Å²) >= 11 is 0. The van der Waals surface area contributed by atoms with Gasteiger partial charge in [-0.3, -0.25) is 4.79 Å². The number of benzene rings is 1. The third-order valence-electron chi connectivity index (χ3n) is 4.15. The molecule has 4 nitrogen and oxygen atoms in total. The number of carbonyl (C=O) groups is 1. The highest BCUT2D eigenvalue weighted by molar-refractivity contribution is 5.96. The van der Waals surface area contributed by atoms with Gasteiger partial charge in [0.05, 0.1) is 12.1 Å². The Labute approximate surface area is 120 Å². The monoisotopic (exact) mass is 276 g/mol. The largest absolute Gasteiger partial charge is 0.394 e. The topological polar surface area (TPSA) is 61.4 Å². The predicted molar refractivity (Wildman–Crippen MR) is 79.8 cm³/mol. The fourth-order valence-electron chi connectivity index (χ4n) is 2.90. The first-order valence-electron chi connectivity index (χ1n) is 7.37. The van der Waals surface area contributed by atoms with Gasteiger partial charge in [-0.05, 0) is 44.5 Å². The zero-order valence-electron chi connectivity index (χ0n) is 12.1. The summed E-state index contributed by atoms with van der Waals surface area (Å²) in [5.41, 5.74) is 1.36. The van der Waals surface area contributed by atoms with E-state index in [4.69, 9.17) is 0 Å². The van der Waals surface area contributed by atoms with Crippen molar-refractivity contribution in [2.45, 2.75) is 37.6 Å². The third-order valence-corrected chi connectivity index (χ3v) is 4.15. The lowest BCUT2D eigenvalue weighted by molar-refractivity contribution is 0.0837. The number of aliphatic hydroxyl groups excluding tert-OH is 1. The van der Waals surface area contributed by atoms with Crippen molar-refractivity contribution in [1.29, 1.82) is 0 Å². The maximum Gasteiger partial charge on any atom is 0.252 e. The van der Waals surface area contributed by atoms with Crippen LogP contribution >= 0.6 is 0 Å². The second-order valence-electron chi connectivity index (χ2n) is 5.61. The number of likely N-dealkylation sites (N-methyl/N-ethyl adjacent to an activating group) is 1. The summed E-state index contributed by atoms with van der Waals surface area (Å²) < 4.78 is 0. The quantitative estimate of drug-likeness (QED) is 0.737. The van der Waals surface area contributed by atoms with Crippen LogP contribution in [0.2, 0.25) is 0 Å². The summed E-state index contributed by atoms with van der Waals surface area (Å²) in [5.74, 6) is -0.0624. The van der Waals surface area contributed by atoms with Crippen molar-refractivity contribution >= 4 is 5.91 Å². The average Bonchev–Trinajstić information content (AvgIpc) is 2.94. The van der Waals surface area contributed by atoms with Crippen molar-refractivity contribution in [3.63, 3.8) is 0 Å². The molecule has 1 aromatic rings. The number of hydrogen-bond donors (Lipinski definition) is 3. The van der Waals surface area contributed by atoms with E-state index in [-0.39, 0.29) is 12.5 Å². The van der Waals surface area contributed by atoms with Crippen molar-refractivity contribution < 1.29 is 9.90 Å². The maximum atomic E-state index is 12.5. The molecule has 1 aromatic carbocycles. The smallest absolute Gasteiger partial charge is 0.252 e. The molecule has 20 heavy (non-hydrogen) atoms. The fraction of sp³-hybridized carbons (Fsp3) is 0.562. The highest BCUT2D eigenvalue weighted by Gasteiger charge is 2.35. The van der Waals surface area contributed by atoms with Crippen molar-refractivity contribution in [1.82, 2.24) is 10.6 Å². The van der Waals surface area contributed by atoms with E-state index < -0.39 is 5.54 Å². The van der Waals surface area contributed by atoms with Gasteiger partial charge in [0, 0.05) is 5.56 Å². The molecule has 1 saturated carbocycles. The molecule has 0 spiro atoms. The number of rotatable bonds is 6. The molecule has 4 heteroatoms. The van der Waals surface area contributed by atoms with Gasteiger partial charge in [-0.1, -0.05) is 31.0 Å². The average molecular weight is 276 g/mol. The van der Waals surface area contributed by atoms with Gasteiger partial charge in [-0.15, -0.1) is 0 Å². The second-order valence-corrected chi connectivity index (χ2v) is 5.61. The molecule has 0 radical (unpaired) electrons. The summed E-state index contributed by atoms with van der Waals surface area (Å²) in [7, 11) is 1.90. The molecule has 110 valence electrons. The van der Waals surface area contributed by atoms with Crippen LogP contribution in [0.4, 0.5) is 0 Å². The lowest BCUT2D eigenvalue weighted by Gasteiger charge is -2.28. The summed E-state index contributed by atoms with van der Waals surface area (Å²) in [6.07, 6.45) is 4.71. The van der Waals surface area contributed by atoms with E-state index >= 15 is 0 Å². The van der Waals surface area contributed by atoms with Crippen molar-refractivity contribution in [2.75, 3.05) is 20.2 Å². The Morgan fingerprint density at radius 3 is 2.65 bits per heavy atom. The van der Waals surface area contributed by atoms with Gasteiger partial charge < -0.3 is 15.7 Å². The first-order chi connectivity index (χ1) is 9.71. The normalized spacial score (nSPS) is 17.1. The van der Waals surface area contributed by atoms with Crippen LogP contribution in [0.3, 0.4) is 0 Å². The van der Waals surface area contributed by atoms with Gasteiger partial charge in [0.15, 0.2) is 0 Å². The van der Waals surface area contributed by atoms with E-state index in [1.165, 1.54) is 0 Å². The maximum absolute atomic E-state index is 12.5. The van der Waals surface area contributed by atoms with E-state index in [0.717, 1.165) is 49.8 Å². The molecule has 2 rings (SSSR count).